The standard InChI is InChI=1S/C54H103NO3/c1-3-5-7-9-11-12-13-14-15-16-17-18-19-20-21-22-23-24-25-26-27-28-29-30-31-32-33-34-35-36-37-38-39-40-41-42-44-46-48-50-54(58)55-52(51-56)53(57)49-47-45-43-10-8-6-4-2/h8,10,16-17,47,49,52-53,56-57H,3-7,9,11-15,18-46,48,50-51H2,1-2H3,(H,55,58)/b10-8+,17-16-,49-47+. The number of aliphatic hydroxyl groups excluding tert-OH is 2. The predicted octanol–water partition coefficient (Wildman–Crippen LogP) is 16.9. The number of hydrogen-bond acceptors (Lipinski definition) is 3. The minimum Gasteiger partial charge on any atom is -0.394 e. The minimum absolute atomic E-state index is 0.0746. The maximum atomic E-state index is 12.3. The van der Waals surface area contributed by atoms with Gasteiger partial charge in [0.1, 0.15) is 0 Å². The van der Waals surface area contributed by atoms with E-state index in [0.717, 1.165) is 38.5 Å². The molecule has 0 spiro atoms. The van der Waals surface area contributed by atoms with E-state index in [0.29, 0.717) is 6.42 Å². The van der Waals surface area contributed by atoms with Crippen LogP contribution in [0, 0.1) is 0 Å². The van der Waals surface area contributed by atoms with Crippen LogP contribution in [0.25, 0.3) is 0 Å². The second-order valence-electron chi connectivity index (χ2n) is 17.9. The first-order valence-corrected chi connectivity index (χ1v) is 26.2. The number of amides is 1. The van der Waals surface area contributed by atoms with Crippen molar-refractivity contribution < 1.29 is 15.0 Å². The quantitative estimate of drug-likeness (QED) is 0.0423. The Morgan fingerprint density at radius 1 is 0.397 bits per heavy atom. The molecule has 0 saturated heterocycles. The summed E-state index contributed by atoms with van der Waals surface area (Å²) in [5.74, 6) is -0.0746. The van der Waals surface area contributed by atoms with Crippen molar-refractivity contribution in [2.75, 3.05) is 6.61 Å². The van der Waals surface area contributed by atoms with Crippen molar-refractivity contribution >= 4 is 5.91 Å². The third-order valence-electron chi connectivity index (χ3n) is 12.1. The molecule has 4 nitrogen and oxygen atoms in total. The molecule has 0 aliphatic carbocycles. The van der Waals surface area contributed by atoms with Crippen molar-refractivity contribution in [1.29, 1.82) is 0 Å². The summed E-state index contributed by atoms with van der Waals surface area (Å²) in [6.45, 7) is 4.20. The van der Waals surface area contributed by atoms with E-state index in [2.05, 4.69) is 43.5 Å². The number of nitrogens with one attached hydrogen (secondary N) is 1. The van der Waals surface area contributed by atoms with Crippen molar-refractivity contribution in [3.8, 4) is 0 Å². The Balaban J connectivity index is 3.31. The maximum absolute atomic E-state index is 12.3. The Morgan fingerprint density at radius 2 is 0.707 bits per heavy atom. The molecule has 4 heteroatoms. The molecular weight excluding hydrogens is 711 g/mol. The summed E-state index contributed by atoms with van der Waals surface area (Å²) in [5.41, 5.74) is 0. The first-order chi connectivity index (χ1) is 28.7. The number of unbranched alkanes of at least 4 members (excludes halogenated alkanes) is 37. The van der Waals surface area contributed by atoms with Gasteiger partial charge in [-0.25, -0.2) is 0 Å². The molecular formula is C54H103NO3. The van der Waals surface area contributed by atoms with E-state index in [4.69, 9.17) is 0 Å². The van der Waals surface area contributed by atoms with Crippen molar-refractivity contribution in [3.05, 3.63) is 36.5 Å². The number of allylic oxidation sites excluding steroid dienone is 5. The van der Waals surface area contributed by atoms with Gasteiger partial charge >= 0.3 is 0 Å². The van der Waals surface area contributed by atoms with Crippen LogP contribution in [-0.2, 0) is 4.79 Å². The van der Waals surface area contributed by atoms with Crippen molar-refractivity contribution in [2.24, 2.45) is 0 Å². The van der Waals surface area contributed by atoms with Crippen LogP contribution in [0.3, 0.4) is 0 Å². The van der Waals surface area contributed by atoms with Gasteiger partial charge in [0, 0.05) is 6.42 Å². The van der Waals surface area contributed by atoms with E-state index >= 15 is 0 Å². The average molecular weight is 814 g/mol. The summed E-state index contributed by atoms with van der Waals surface area (Å²) in [6, 6.07) is -0.633. The van der Waals surface area contributed by atoms with Crippen LogP contribution in [0.4, 0.5) is 0 Å². The van der Waals surface area contributed by atoms with Crippen LogP contribution >= 0.6 is 0 Å². The van der Waals surface area contributed by atoms with Crippen molar-refractivity contribution in [3.63, 3.8) is 0 Å². The molecule has 0 heterocycles. The Bertz CT molecular complexity index is 882. The zero-order valence-electron chi connectivity index (χ0n) is 39.3. The summed E-state index contributed by atoms with van der Waals surface area (Å²) in [7, 11) is 0. The second-order valence-corrected chi connectivity index (χ2v) is 17.9. The predicted molar refractivity (Wildman–Crippen MR) is 258 cm³/mol. The molecule has 0 rings (SSSR count). The molecule has 0 aromatic rings. The lowest BCUT2D eigenvalue weighted by atomic mass is 10.0. The average Bonchev–Trinajstić information content (AvgIpc) is 3.23. The SMILES string of the molecule is CCC/C=C/CC/C=C/C(O)C(CO)NC(=O)CCCCCCCCCCCCCCCCCCCCCCCCCCCCC/C=C\CCCCCCCCCC. The molecule has 0 bridgehead atoms. The molecule has 58 heavy (non-hydrogen) atoms. The van der Waals surface area contributed by atoms with Gasteiger partial charge in [0.2, 0.25) is 5.91 Å². The van der Waals surface area contributed by atoms with Gasteiger partial charge in [-0.05, 0) is 51.4 Å². The summed E-state index contributed by atoms with van der Waals surface area (Å²) >= 11 is 0. The number of rotatable bonds is 48. The molecule has 0 aliphatic rings. The highest BCUT2D eigenvalue weighted by atomic mass is 16.3. The molecule has 2 unspecified atom stereocenters. The van der Waals surface area contributed by atoms with Crippen LogP contribution in [0.2, 0.25) is 0 Å². The Hall–Kier alpha value is -1.39. The van der Waals surface area contributed by atoms with E-state index in [1.54, 1.807) is 6.08 Å². The van der Waals surface area contributed by atoms with Gasteiger partial charge < -0.3 is 15.5 Å². The largest absolute Gasteiger partial charge is 0.394 e. The highest BCUT2D eigenvalue weighted by molar-refractivity contribution is 5.76. The number of carbonyl (C=O) groups is 1. The lowest BCUT2D eigenvalue weighted by Crippen LogP contribution is -2.45. The van der Waals surface area contributed by atoms with E-state index < -0.39 is 12.1 Å². The summed E-state index contributed by atoms with van der Waals surface area (Å²) in [5, 5.41) is 22.8. The van der Waals surface area contributed by atoms with Crippen LogP contribution in [-0.4, -0.2) is 34.9 Å². The topological polar surface area (TPSA) is 69.6 Å². The molecule has 0 fully saturated rings. The number of aliphatic hydroxyl groups is 2. The zero-order chi connectivity index (χ0) is 42.1. The smallest absolute Gasteiger partial charge is 0.220 e. The lowest BCUT2D eigenvalue weighted by Gasteiger charge is -2.19. The van der Waals surface area contributed by atoms with Gasteiger partial charge in [-0.1, -0.05) is 262 Å². The fourth-order valence-electron chi connectivity index (χ4n) is 8.08. The van der Waals surface area contributed by atoms with Gasteiger partial charge in [-0.3, -0.25) is 4.79 Å². The van der Waals surface area contributed by atoms with Crippen LogP contribution < -0.4 is 5.32 Å². The van der Waals surface area contributed by atoms with Crippen molar-refractivity contribution in [2.45, 2.75) is 296 Å². The van der Waals surface area contributed by atoms with Crippen molar-refractivity contribution in [1.82, 2.24) is 5.32 Å². The fraction of sp³-hybridized carbons (Fsp3) is 0.870. The molecule has 0 aliphatic heterocycles. The first kappa shape index (κ1) is 56.6. The number of hydrogen-bond donors (Lipinski definition) is 3. The van der Waals surface area contributed by atoms with Crippen LogP contribution in [0.5, 0.6) is 0 Å². The van der Waals surface area contributed by atoms with Crippen LogP contribution in [0.15, 0.2) is 36.5 Å². The van der Waals surface area contributed by atoms with E-state index in [9.17, 15) is 15.0 Å². The van der Waals surface area contributed by atoms with Gasteiger partial charge in [0.25, 0.3) is 0 Å². The highest BCUT2D eigenvalue weighted by Gasteiger charge is 2.17. The van der Waals surface area contributed by atoms with Gasteiger partial charge in [0.05, 0.1) is 18.8 Å². The molecule has 0 aromatic heterocycles. The highest BCUT2D eigenvalue weighted by Crippen LogP contribution is 2.17. The Labute approximate surface area is 363 Å². The molecule has 0 radical (unpaired) electrons. The first-order valence-electron chi connectivity index (χ1n) is 26.2. The third kappa shape index (κ3) is 45.7. The van der Waals surface area contributed by atoms with E-state index in [-0.39, 0.29) is 12.5 Å². The summed E-state index contributed by atoms with van der Waals surface area (Å²) < 4.78 is 0. The fourth-order valence-corrected chi connectivity index (χ4v) is 8.08. The molecule has 0 saturated carbocycles. The molecule has 0 aromatic carbocycles. The molecule has 342 valence electrons. The Kier molecular flexibility index (Phi) is 48.8. The van der Waals surface area contributed by atoms with Gasteiger partial charge in [-0.15, -0.1) is 0 Å². The molecule has 3 N–H and O–H groups in total. The van der Waals surface area contributed by atoms with Gasteiger partial charge in [0.15, 0.2) is 0 Å². The minimum atomic E-state index is -0.856. The monoisotopic (exact) mass is 814 g/mol. The Morgan fingerprint density at radius 3 is 1.07 bits per heavy atom. The number of carbonyl (C=O) groups excluding carboxylic acids is 1. The van der Waals surface area contributed by atoms with E-state index in [1.165, 1.54) is 225 Å². The summed E-state index contributed by atoms with van der Waals surface area (Å²) in [6.07, 6.45) is 67.8. The normalized spacial score (nSPS) is 13.1. The second kappa shape index (κ2) is 50.0. The maximum Gasteiger partial charge on any atom is 0.220 e. The molecule has 1 amide bonds. The zero-order valence-corrected chi connectivity index (χ0v) is 39.3. The summed E-state index contributed by atoms with van der Waals surface area (Å²) in [4.78, 5) is 12.3. The third-order valence-corrected chi connectivity index (χ3v) is 12.1. The van der Waals surface area contributed by atoms with Gasteiger partial charge in [-0.2, -0.15) is 0 Å². The van der Waals surface area contributed by atoms with E-state index in [1.807, 2.05) is 6.08 Å². The molecule has 2 atom stereocenters. The van der Waals surface area contributed by atoms with Crippen LogP contribution in [0.1, 0.15) is 284 Å². The lowest BCUT2D eigenvalue weighted by molar-refractivity contribution is -0.123.